The average molecular weight is 254 g/mol. The van der Waals surface area contributed by atoms with E-state index in [9.17, 15) is 4.79 Å². The Bertz CT molecular complexity index is 369. The minimum absolute atomic E-state index is 0.351. The van der Waals surface area contributed by atoms with Crippen LogP contribution >= 0.6 is 15.9 Å². The number of anilines is 1. The highest BCUT2D eigenvalue weighted by Gasteiger charge is 2.05. The largest absolute Gasteiger partial charge is 0.282 e. The number of nitrogens with zero attached hydrogens (tertiary/aromatic N) is 2. The first-order valence-corrected chi connectivity index (χ1v) is 4.65. The molecular formula is C9H8BrN3O. The van der Waals surface area contributed by atoms with Crippen molar-refractivity contribution in [2.45, 2.75) is 6.92 Å². The molecule has 5 heteroatoms. The Kier molecular flexibility index (Phi) is 3.48. The minimum atomic E-state index is -0.351. The summed E-state index contributed by atoms with van der Waals surface area (Å²) in [7, 11) is 0. The normalized spacial score (nSPS) is 8.93. The molecule has 0 unspecified atom stereocenters. The molecule has 0 aliphatic heterocycles. The molecule has 14 heavy (non-hydrogen) atoms. The highest BCUT2D eigenvalue weighted by molar-refractivity contribution is 9.10. The summed E-state index contributed by atoms with van der Waals surface area (Å²) >= 11 is 3.28. The van der Waals surface area contributed by atoms with E-state index in [1.54, 1.807) is 18.3 Å². The van der Waals surface area contributed by atoms with Gasteiger partial charge in [0, 0.05) is 11.4 Å². The van der Waals surface area contributed by atoms with Crippen LogP contribution in [-0.2, 0) is 4.79 Å². The zero-order valence-corrected chi connectivity index (χ0v) is 9.08. The van der Waals surface area contributed by atoms with Gasteiger partial charge >= 0.3 is 0 Å². The van der Waals surface area contributed by atoms with Crippen molar-refractivity contribution < 1.29 is 4.79 Å². The van der Waals surface area contributed by atoms with Crippen LogP contribution in [0.3, 0.4) is 0 Å². The maximum absolute atomic E-state index is 10.9. The number of amides is 1. The quantitative estimate of drug-likeness (QED) is 0.499. The van der Waals surface area contributed by atoms with Crippen LogP contribution in [0.25, 0.3) is 0 Å². The van der Waals surface area contributed by atoms with E-state index in [1.165, 1.54) is 6.92 Å². The van der Waals surface area contributed by atoms with Crippen molar-refractivity contribution in [1.29, 1.82) is 5.26 Å². The molecule has 0 aliphatic carbocycles. The lowest BCUT2D eigenvalue weighted by atomic mass is 10.3. The zero-order valence-electron chi connectivity index (χ0n) is 7.49. The lowest BCUT2D eigenvalue weighted by Gasteiger charge is -2.13. The van der Waals surface area contributed by atoms with Gasteiger partial charge in [-0.25, -0.2) is 0 Å². The molecule has 1 aromatic carbocycles. The summed E-state index contributed by atoms with van der Waals surface area (Å²) in [6.45, 7) is 1.31. The summed E-state index contributed by atoms with van der Waals surface area (Å²) < 4.78 is 0.939. The third-order valence-corrected chi connectivity index (χ3v) is 2.03. The molecule has 1 rings (SSSR count). The summed E-state index contributed by atoms with van der Waals surface area (Å²) in [5, 5.41) is 9.46. The van der Waals surface area contributed by atoms with Crippen LogP contribution in [0.2, 0.25) is 0 Å². The number of hydrogen-bond acceptors (Lipinski definition) is 3. The maximum atomic E-state index is 10.9. The van der Waals surface area contributed by atoms with E-state index in [-0.39, 0.29) is 5.91 Å². The third-order valence-electron chi connectivity index (χ3n) is 1.50. The molecule has 0 saturated heterocycles. The highest BCUT2D eigenvalue weighted by Crippen LogP contribution is 2.14. The molecule has 0 fully saturated rings. The Morgan fingerprint density at radius 2 is 2.07 bits per heavy atom. The summed E-state index contributed by atoms with van der Waals surface area (Å²) in [5.41, 5.74) is 3.34. The number of benzene rings is 1. The fourth-order valence-corrected chi connectivity index (χ4v) is 1.09. The second kappa shape index (κ2) is 4.63. The van der Waals surface area contributed by atoms with E-state index in [4.69, 9.17) is 5.26 Å². The van der Waals surface area contributed by atoms with E-state index in [0.29, 0.717) is 5.69 Å². The van der Waals surface area contributed by atoms with Gasteiger partial charge < -0.3 is 0 Å². The van der Waals surface area contributed by atoms with E-state index in [0.717, 1.165) is 9.48 Å². The smallest absolute Gasteiger partial charge is 0.251 e. The van der Waals surface area contributed by atoms with Crippen LogP contribution in [0.5, 0.6) is 0 Å². The molecule has 1 N–H and O–H groups in total. The molecule has 4 nitrogen and oxygen atoms in total. The molecule has 0 aliphatic rings. The first-order valence-electron chi connectivity index (χ1n) is 3.86. The van der Waals surface area contributed by atoms with Crippen LogP contribution in [0, 0.1) is 11.5 Å². The molecular weight excluding hydrogens is 246 g/mol. The van der Waals surface area contributed by atoms with Crippen molar-refractivity contribution in [2.75, 3.05) is 5.43 Å². The first-order chi connectivity index (χ1) is 6.63. The Morgan fingerprint density at radius 1 is 1.50 bits per heavy atom. The van der Waals surface area contributed by atoms with Crippen LogP contribution in [0.4, 0.5) is 5.69 Å². The molecule has 1 aromatic rings. The van der Waals surface area contributed by atoms with E-state index in [1.807, 2.05) is 12.1 Å². The number of nitriles is 1. The number of nitrogens with one attached hydrogen (secondary N) is 1. The Hall–Kier alpha value is -1.54. The van der Waals surface area contributed by atoms with Gasteiger partial charge in [0.25, 0.3) is 5.91 Å². The van der Waals surface area contributed by atoms with E-state index >= 15 is 0 Å². The van der Waals surface area contributed by atoms with E-state index in [2.05, 4.69) is 21.4 Å². The van der Waals surface area contributed by atoms with Crippen LogP contribution in [0.1, 0.15) is 6.92 Å². The van der Waals surface area contributed by atoms with Crippen LogP contribution in [-0.4, -0.2) is 10.9 Å². The Balaban J connectivity index is 2.74. The summed E-state index contributed by atoms with van der Waals surface area (Å²) in [4.78, 5) is 10.9. The molecule has 0 saturated carbocycles. The lowest BCUT2D eigenvalue weighted by molar-refractivity contribution is -0.124. The number of hydrazine groups is 1. The van der Waals surface area contributed by atoms with Crippen molar-refractivity contribution in [3.63, 3.8) is 0 Å². The van der Waals surface area contributed by atoms with Crippen molar-refractivity contribution >= 4 is 27.5 Å². The number of carbonyl (C=O) groups excluding carboxylic acids is 1. The summed E-state index contributed by atoms with van der Waals surface area (Å²) in [5.74, 6) is -0.351. The SMILES string of the molecule is CC(=O)N(C#N)Nc1ccc(Br)cc1. The Labute approximate surface area is 90.2 Å². The minimum Gasteiger partial charge on any atom is -0.282 e. The predicted octanol–water partition coefficient (Wildman–Crippen LogP) is 2.11. The number of halogens is 1. The van der Waals surface area contributed by atoms with Gasteiger partial charge in [-0.05, 0) is 24.3 Å². The average Bonchev–Trinajstić information content (AvgIpc) is 2.16. The first kappa shape index (κ1) is 10.5. The summed E-state index contributed by atoms with van der Waals surface area (Å²) in [6, 6.07) is 7.16. The molecule has 0 spiro atoms. The fourth-order valence-electron chi connectivity index (χ4n) is 0.828. The second-order valence-electron chi connectivity index (χ2n) is 2.57. The second-order valence-corrected chi connectivity index (χ2v) is 3.49. The van der Waals surface area contributed by atoms with Crippen molar-refractivity contribution in [2.24, 2.45) is 0 Å². The maximum Gasteiger partial charge on any atom is 0.251 e. The topological polar surface area (TPSA) is 56.1 Å². The van der Waals surface area contributed by atoms with Gasteiger partial charge in [-0.2, -0.15) is 10.3 Å². The molecule has 1 amide bonds. The molecule has 0 aromatic heterocycles. The highest BCUT2D eigenvalue weighted by atomic mass is 79.9. The van der Waals surface area contributed by atoms with Crippen LogP contribution < -0.4 is 5.43 Å². The van der Waals surface area contributed by atoms with Crippen molar-refractivity contribution in [1.82, 2.24) is 5.01 Å². The molecule has 0 atom stereocenters. The standard InChI is InChI=1S/C9H8BrN3O/c1-7(14)13(6-11)12-9-4-2-8(10)3-5-9/h2-5,12H,1H3. The monoisotopic (exact) mass is 253 g/mol. The van der Waals surface area contributed by atoms with Crippen molar-refractivity contribution in [3.05, 3.63) is 28.7 Å². The molecule has 0 radical (unpaired) electrons. The van der Waals surface area contributed by atoms with E-state index < -0.39 is 0 Å². The zero-order chi connectivity index (χ0) is 10.6. The number of hydrogen-bond donors (Lipinski definition) is 1. The van der Waals surface area contributed by atoms with Gasteiger partial charge in [-0.15, -0.1) is 0 Å². The van der Waals surface area contributed by atoms with Crippen molar-refractivity contribution in [3.8, 4) is 6.19 Å². The number of carbonyl (C=O) groups is 1. The van der Waals surface area contributed by atoms with Gasteiger partial charge in [-0.1, -0.05) is 15.9 Å². The number of rotatable bonds is 2. The predicted molar refractivity (Wildman–Crippen MR) is 55.9 cm³/mol. The van der Waals surface area contributed by atoms with Gasteiger partial charge in [0.1, 0.15) is 0 Å². The lowest BCUT2D eigenvalue weighted by Crippen LogP contribution is -2.29. The van der Waals surface area contributed by atoms with Gasteiger partial charge in [0.15, 0.2) is 0 Å². The van der Waals surface area contributed by atoms with Gasteiger partial charge in [0.05, 0.1) is 5.69 Å². The fraction of sp³-hybridized carbons (Fsp3) is 0.111. The third kappa shape index (κ3) is 2.75. The molecule has 0 heterocycles. The van der Waals surface area contributed by atoms with Gasteiger partial charge in [0.2, 0.25) is 6.19 Å². The Morgan fingerprint density at radius 3 is 2.50 bits per heavy atom. The molecule has 72 valence electrons. The van der Waals surface area contributed by atoms with Crippen LogP contribution in [0.15, 0.2) is 28.7 Å². The molecule has 0 bridgehead atoms. The van der Waals surface area contributed by atoms with Gasteiger partial charge in [-0.3, -0.25) is 10.2 Å². The summed E-state index contributed by atoms with van der Waals surface area (Å²) in [6.07, 6.45) is 1.73.